The molecule has 2 aromatic carbocycles. The average Bonchev–Trinajstić information content (AvgIpc) is 2.72. The summed E-state index contributed by atoms with van der Waals surface area (Å²) in [5, 5.41) is 3.41. The van der Waals surface area contributed by atoms with Crippen LogP contribution in [0.5, 0.6) is 0 Å². The summed E-state index contributed by atoms with van der Waals surface area (Å²) in [4.78, 5) is 27.7. The lowest BCUT2D eigenvalue weighted by molar-refractivity contribution is -0.140. The van der Waals surface area contributed by atoms with Gasteiger partial charge in [0.25, 0.3) is 0 Å². The van der Waals surface area contributed by atoms with Gasteiger partial charge in [-0.1, -0.05) is 42.3 Å². The van der Waals surface area contributed by atoms with E-state index < -0.39 is 34.3 Å². The minimum Gasteiger partial charge on any atom is -0.352 e. The van der Waals surface area contributed by atoms with E-state index in [1.54, 1.807) is 39.0 Å². The largest absolute Gasteiger partial charge is 0.352 e. The number of hydrogen-bond donors (Lipinski definition) is 1. The van der Waals surface area contributed by atoms with Crippen molar-refractivity contribution < 1.29 is 22.4 Å². The Morgan fingerprint density at radius 3 is 2.29 bits per heavy atom. The Labute approximate surface area is 209 Å². The number of halogens is 3. The fourth-order valence-corrected chi connectivity index (χ4v) is 4.54. The van der Waals surface area contributed by atoms with Crippen molar-refractivity contribution in [3.8, 4) is 0 Å². The molecule has 2 aromatic rings. The Bertz CT molecular complexity index is 1140. The van der Waals surface area contributed by atoms with Crippen molar-refractivity contribution in [2.45, 2.75) is 45.8 Å². The first-order valence-corrected chi connectivity index (χ1v) is 13.2. The van der Waals surface area contributed by atoms with Gasteiger partial charge in [0.05, 0.1) is 22.0 Å². The minimum absolute atomic E-state index is 0.00465. The molecular formula is C23H28Cl2FN3O4S. The van der Waals surface area contributed by atoms with Gasteiger partial charge >= 0.3 is 0 Å². The minimum atomic E-state index is -3.94. The summed E-state index contributed by atoms with van der Waals surface area (Å²) in [6.07, 6.45) is 1.21. The lowest BCUT2D eigenvalue weighted by Crippen LogP contribution is -2.53. The van der Waals surface area contributed by atoms with Gasteiger partial charge in [-0.05, 0) is 56.2 Å². The molecule has 186 valence electrons. The number of amides is 2. The molecule has 0 saturated carbocycles. The predicted octanol–water partition coefficient (Wildman–Crippen LogP) is 4.23. The summed E-state index contributed by atoms with van der Waals surface area (Å²) in [6, 6.07) is 8.73. The molecule has 0 aromatic heterocycles. The van der Waals surface area contributed by atoms with Crippen LogP contribution in [0.2, 0.25) is 10.0 Å². The number of carbonyl (C=O) groups excluding carboxylic acids is 2. The zero-order valence-electron chi connectivity index (χ0n) is 19.4. The van der Waals surface area contributed by atoms with Crippen molar-refractivity contribution in [2.75, 3.05) is 17.1 Å². The quantitative estimate of drug-likeness (QED) is 0.496. The molecule has 34 heavy (non-hydrogen) atoms. The van der Waals surface area contributed by atoms with E-state index in [1.807, 2.05) is 0 Å². The molecule has 0 spiro atoms. The van der Waals surface area contributed by atoms with Gasteiger partial charge in [0.15, 0.2) is 0 Å². The molecule has 0 aliphatic heterocycles. The van der Waals surface area contributed by atoms with E-state index in [2.05, 4.69) is 5.32 Å². The van der Waals surface area contributed by atoms with E-state index in [1.165, 1.54) is 23.1 Å². The maximum absolute atomic E-state index is 13.8. The smallest absolute Gasteiger partial charge is 0.244 e. The second-order valence-corrected chi connectivity index (χ2v) is 10.8. The highest BCUT2D eigenvalue weighted by atomic mass is 35.5. The van der Waals surface area contributed by atoms with E-state index in [0.717, 1.165) is 16.6 Å². The summed E-state index contributed by atoms with van der Waals surface area (Å²) in [6.45, 7) is 4.71. The Balaban J connectivity index is 2.46. The first kappa shape index (κ1) is 27.9. The maximum Gasteiger partial charge on any atom is 0.244 e. The lowest BCUT2D eigenvalue weighted by atomic mass is 10.1. The van der Waals surface area contributed by atoms with Crippen LogP contribution in [0.25, 0.3) is 0 Å². The Kier molecular flexibility index (Phi) is 9.73. The molecule has 0 radical (unpaired) electrons. The second-order valence-electron chi connectivity index (χ2n) is 8.11. The molecule has 0 aliphatic carbocycles. The Hall–Kier alpha value is -2.36. The molecule has 2 rings (SSSR count). The number of carbonyl (C=O) groups is 2. The van der Waals surface area contributed by atoms with Crippen molar-refractivity contribution in [2.24, 2.45) is 0 Å². The van der Waals surface area contributed by atoms with Crippen LogP contribution < -0.4 is 9.62 Å². The summed E-state index contributed by atoms with van der Waals surface area (Å²) in [7, 11) is -3.94. The first-order valence-electron chi connectivity index (χ1n) is 10.6. The van der Waals surface area contributed by atoms with E-state index in [4.69, 9.17) is 23.2 Å². The molecule has 0 aliphatic rings. The molecule has 0 bridgehead atoms. The van der Waals surface area contributed by atoms with Gasteiger partial charge in [0.2, 0.25) is 21.8 Å². The van der Waals surface area contributed by atoms with Gasteiger partial charge in [-0.15, -0.1) is 0 Å². The summed E-state index contributed by atoms with van der Waals surface area (Å²) >= 11 is 12.1. The fourth-order valence-electron chi connectivity index (χ4n) is 3.38. The van der Waals surface area contributed by atoms with Crippen LogP contribution in [-0.4, -0.2) is 50.0 Å². The van der Waals surface area contributed by atoms with Crippen LogP contribution in [0.1, 0.15) is 32.8 Å². The lowest BCUT2D eigenvalue weighted by Gasteiger charge is -2.33. The molecule has 2 amide bonds. The van der Waals surface area contributed by atoms with Gasteiger partial charge in [0.1, 0.15) is 18.4 Å². The van der Waals surface area contributed by atoms with Crippen LogP contribution in [0.3, 0.4) is 0 Å². The molecule has 11 heteroatoms. The highest BCUT2D eigenvalue weighted by Gasteiger charge is 2.32. The molecule has 1 atom stereocenters. The van der Waals surface area contributed by atoms with Crippen molar-refractivity contribution in [1.29, 1.82) is 0 Å². The van der Waals surface area contributed by atoms with Crippen LogP contribution in [-0.2, 0) is 26.2 Å². The monoisotopic (exact) mass is 531 g/mol. The zero-order chi connectivity index (χ0) is 25.6. The SMILES string of the molecule is CCC(C(=O)NC(C)C)N(Cc1ccc(Cl)c(Cl)c1)C(=O)CN(c1cccc(F)c1)S(C)(=O)=O. The fraction of sp³-hybridized carbons (Fsp3) is 0.391. The third-order valence-corrected chi connectivity index (χ3v) is 6.81. The summed E-state index contributed by atoms with van der Waals surface area (Å²) in [5.41, 5.74) is 0.611. The van der Waals surface area contributed by atoms with Crippen molar-refractivity contribution in [1.82, 2.24) is 10.2 Å². The van der Waals surface area contributed by atoms with Gasteiger partial charge in [-0.25, -0.2) is 12.8 Å². The third-order valence-electron chi connectivity index (χ3n) is 4.93. The molecule has 0 fully saturated rings. The zero-order valence-corrected chi connectivity index (χ0v) is 21.7. The Morgan fingerprint density at radius 2 is 1.76 bits per heavy atom. The summed E-state index contributed by atoms with van der Waals surface area (Å²) < 4.78 is 39.6. The van der Waals surface area contributed by atoms with E-state index in [9.17, 15) is 22.4 Å². The predicted molar refractivity (Wildman–Crippen MR) is 133 cm³/mol. The second kappa shape index (κ2) is 11.9. The third kappa shape index (κ3) is 7.58. The highest BCUT2D eigenvalue weighted by molar-refractivity contribution is 7.92. The van der Waals surface area contributed by atoms with Crippen LogP contribution in [0.4, 0.5) is 10.1 Å². The first-order chi connectivity index (χ1) is 15.8. The Morgan fingerprint density at radius 1 is 1.09 bits per heavy atom. The summed E-state index contributed by atoms with van der Waals surface area (Å²) in [5.74, 6) is -1.65. The number of hydrogen-bond acceptors (Lipinski definition) is 4. The van der Waals surface area contributed by atoms with Gasteiger partial charge in [-0.3, -0.25) is 13.9 Å². The van der Waals surface area contributed by atoms with Crippen LogP contribution in [0.15, 0.2) is 42.5 Å². The number of sulfonamides is 1. The molecule has 7 nitrogen and oxygen atoms in total. The van der Waals surface area contributed by atoms with Gasteiger partial charge in [0, 0.05) is 12.6 Å². The van der Waals surface area contributed by atoms with Crippen molar-refractivity contribution >= 4 is 50.7 Å². The van der Waals surface area contributed by atoms with E-state index in [-0.39, 0.29) is 35.6 Å². The molecular weight excluding hydrogens is 504 g/mol. The highest BCUT2D eigenvalue weighted by Crippen LogP contribution is 2.25. The number of nitrogens with one attached hydrogen (secondary N) is 1. The van der Waals surface area contributed by atoms with Crippen molar-refractivity contribution in [3.05, 3.63) is 63.9 Å². The van der Waals surface area contributed by atoms with Gasteiger partial charge in [-0.2, -0.15) is 0 Å². The molecule has 0 heterocycles. The maximum atomic E-state index is 13.8. The molecule has 1 N–H and O–H groups in total. The van der Waals surface area contributed by atoms with Crippen molar-refractivity contribution in [3.63, 3.8) is 0 Å². The van der Waals surface area contributed by atoms with Crippen LogP contribution in [0, 0.1) is 5.82 Å². The van der Waals surface area contributed by atoms with E-state index in [0.29, 0.717) is 10.6 Å². The van der Waals surface area contributed by atoms with Crippen LogP contribution >= 0.6 is 23.2 Å². The average molecular weight is 532 g/mol. The molecule has 1 unspecified atom stereocenters. The number of anilines is 1. The van der Waals surface area contributed by atoms with E-state index >= 15 is 0 Å². The molecule has 0 saturated heterocycles. The topological polar surface area (TPSA) is 86.8 Å². The standard InChI is InChI=1S/C23H28Cl2FN3O4S/c1-5-21(23(31)27-15(2)3)28(13-16-9-10-19(24)20(25)11-16)22(30)14-29(34(4,32)33)18-8-6-7-17(26)12-18/h6-12,15,21H,5,13-14H2,1-4H3,(H,27,31). The normalized spacial score (nSPS) is 12.4. The number of benzene rings is 2. The number of rotatable bonds is 10. The number of nitrogens with zero attached hydrogens (tertiary/aromatic N) is 2. The van der Waals surface area contributed by atoms with Gasteiger partial charge < -0.3 is 10.2 Å².